The van der Waals surface area contributed by atoms with Gasteiger partial charge >= 0.3 is 0 Å². The number of rotatable bonds is 3. The van der Waals surface area contributed by atoms with Gasteiger partial charge in [-0.3, -0.25) is 0 Å². The molecule has 19 heavy (non-hydrogen) atoms. The van der Waals surface area contributed by atoms with Gasteiger partial charge < -0.3 is 10.2 Å². The smallest absolute Gasteiger partial charge is 0.113 e. The van der Waals surface area contributed by atoms with Gasteiger partial charge in [0.2, 0.25) is 0 Å². The van der Waals surface area contributed by atoms with Crippen molar-refractivity contribution in [3.8, 4) is 0 Å². The lowest BCUT2D eigenvalue weighted by molar-refractivity contribution is 0.318. The zero-order chi connectivity index (χ0) is 13.1. The Morgan fingerprint density at radius 1 is 1.05 bits per heavy atom. The molecule has 0 amide bonds. The second kappa shape index (κ2) is 4.94. The van der Waals surface area contributed by atoms with E-state index in [0.29, 0.717) is 12.1 Å². The van der Waals surface area contributed by atoms with Gasteiger partial charge in [0.1, 0.15) is 5.82 Å². The Hall–Kier alpha value is -2.62. The van der Waals surface area contributed by atoms with E-state index in [1.807, 2.05) is 54.6 Å². The maximum atomic E-state index is 9.16. The molecule has 3 rings (SSSR count). The summed E-state index contributed by atoms with van der Waals surface area (Å²) >= 11 is 0. The first-order valence-electron chi connectivity index (χ1n) is 6.07. The Labute approximate surface area is 110 Å². The first kappa shape index (κ1) is 11.5. The van der Waals surface area contributed by atoms with Gasteiger partial charge in [0.15, 0.2) is 0 Å². The molecular weight excluding hydrogens is 238 g/mol. The largest absolute Gasteiger partial charge is 0.411 e. The fourth-order valence-corrected chi connectivity index (χ4v) is 2.07. The summed E-state index contributed by atoms with van der Waals surface area (Å²) in [6.45, 7) is 0. The number of nitrogens with zero attached hydrogens (tertiary/aromatic N) is 2. The maximum absolute atomic E-state index is 9.16. The number of benzene rings is 2. The second-order valence-electron chi connectivity index (χ2n) is 4.29. The first-order valence-corrected chi connectivity index (χ1v) is 6.07. The van der Waals surface area contributed by atoms with Crippen LogP contribution in [0.2, 0.25) is 0 Å². The van der Waals surface area contributed by atoms with Crippen LogP contribution in [0.4, 0.5) is 0 Å². The fraction of sp³-hybridized carbons (Fsp3) is 0.0667. The molecule has 0 saturated carbocycles. The zero-order valence-corrected chi connectivity index (χ0v) is 10.2. The SMILES string of the molecule is ON=C(Cc1nc2ccccc2[nH]1)c1ccccc1. The van der Waals surface area contributed by atoms with Gasteiger partial charge in [-0.1, -0.05) is 47.6 Å². The van der Waals surface area contributed by atoms with E-state index in [1.165, 1.54) is 0 Å². The van der Waals surface area contributed by atoms with Crippen LogP contribution in [-0.2, 0) is 6.42 Å². The number of hydrogen-bond acceptors (Lipinski definition) is 3. The lowest BCUT2D eigenvalue weighted by Gasteiger charge is -2.01. The number of hydrogen-bond donors (Lipinski definition) is 2. The topological polar surface area (TPSA) is 61.3 Å². The highest BCUT2D eigenvalue weighted by Gasteiger charge is 2.09. The summed E-state index contributed by atoms with van der Waals surface area (Å²) in [7, 11) is 0. The maximum Gasteiger partial charge on any atom is 0.113 e. The summed E-state index contributed by atoms with van der Waals surface area (Å²) < 4.78 is 0. The summed E-state index contributed by atoms with van der Waals surface area (Å²) in [6.07, 6.45) is 0.467. The standard InChI is InChI=1S/C15H13N3O/c19-18-14(11-6-2-1-3-7-11)10-15-16-12-8-4-5-9-13(12)17-15/h1-9,19H,10H2,(H,16,17). The Balaban J connectivity index is 1.91. The molecule has 0 aliphatic carbocycles. The van der Waals surface area contributed by atoms with Gasteiger partial charge in [-0.05, 0) is 17.7 Å². The minimum atomic E-state index is 0.467. The number of aromatic amines is 1. The van der Waals surface area contributed by atoms with E-state index in [0.717, 1.165) is 22.4 Å². The molecular formula is C15H13N3O. The normalized spacial score (nSPS) is 11.9. The van der Waals surface area contributed by atoms with Gasteiger partial charge in [0.25, 0.3) is 0 Å². The molecule has 0 aliphatic heterocycles. The van der Waals surface area contributed by atoms with Crippen molar-refractivity contribution in [2.24, 2.45) is 5.16 Å². The van der Waals surface area contributed by atoms with Crippen LogP contribution in [0, 0.1) is 0 Å². The number of aromatic nitrogens is 2. The Kier molecular flexibility index (Phi) is 2.98. The van der Waals surface area contributed by atoms with Crippen LogP contribution in [0.15, 0.2) is 59.8 Å². The molecule has 0 radical (unpaired) electrons. The number of nitrogens with one attached hydrogen (secondary N) is 1. The molecule has 3 aromatic rings. The number of H-pyrrole nitrogens is 1. The van der Waals surface area contributed by atoms with Crippen LogP contribution in [-0.4, -0.2) is 20.9 Å². The lowest BCUT2D eigenvalue weighted by atomic mass is 10.1. The predicted octanol–water partition coefficient (Wildman–Crippen LogP) is 2.98. The molecule has 0 bridgehead atoms. The van der Waals surface area contributed by atoms with Crippen molar-refractivity contribution in [3.63, 3.8) is 0 Å². The predicted molar refractivity (Wildman–Crippen MR) is 74.6 cm³/mol. The summed E-state index contributed by atoms with van der Waals surface area (Å²) in [5.74, 6) is 0.790. The summed E-state index contributed by atoms with van der Waals surface area (Å²) in [5.41, 5.74) is 3.40. The zero-order valence-electron chi connectivity index (χ0n) is 10.2. The highest BCUT2D eigenvalue weighted by molar-refractivity contribution is 6.01. The number of fused-ring (bicyclic) bond motifs is 1. The van der Waals surface area contributed by atoms with Gasteiger partial charge in [-0.2, -0.15) is 0 Å². The van der Waals surface area contributed by atoms with Crippen molar-refractivity contribution in [2.45, 2.75) is 6.42 Å². The van der Waals surface area contributed by atoms with E-state index < -0.39 is 0 Å². The van der Waals surface area contributed by atoms with Crippen molar-refractivity contribution in [2.75, 3.05) is 0 Å². The third-order valence-electron chi connectivity index (χ3n) is 3.00. The number of para-hydroxylation sites is 2. The van der Waals surface area contributed by atoms with Crippen LogP contribution in [0.3, 0.4) is 0 Å². The second-order valence-corrected chi connectivity index (χ2v) is 4.29. The molecule has 0 unspecified atom stereocenters. The van der Waals surface area contributed by atoms with E-state index >= 15 is 0 Å². The third kappa shape index (κ3) is 2.33. The molecule has 0 aliphatic rings. The Bertz CT molecular complexity index is 683. The quantitative estimate of drug-likeness (QED) is 0.427. The summed E-state index contributed by atoms with van der Waals surface area (Å²) in [4.78, 5) is 7.71. The molecule has 4 heteroatoms. The van der Waals surface area contributed by atoms with Crippen LogP contribution in [0.5, 0.6) is 0 Å². The molecule has 1 heterocycles. The van der Waals surface area contributed by atoms with Crippen LogP contribution in [0.1, 0.15) is 11.4 Å². The van der Waals surface area contributed by atoms with Crippen LogP contribution >= 0.6 is 0 Å². The molecule has 2 aromatic carbocycles. The van der Waals surface area contributed by atoms with Crippen molar-refractivity contribution in [1.29, 1.82) is 0 Å². The molecule has 4 nitrogen and oxygen atoms in total. The minimum absolute atomic E-state index is 0.467. The highest BCUT2D eigenvalue weighted by Crippen LogP contribution is 2.12. The van der Waals surface area contributed by atoms with Gasteiger partial charge in [0, 0.05) is 0 Å². The van der Waals surface area contributed by atoms with Gasteiger partial charge in [-0.15, -0.1) is 0 Å². The van der Waals surface area contributed by atoms with Crippen LogP contribution < -0.4 is 0 Å². The molecule has 1 aromatic heterocycles. The summed E-state index contributed by atoms with van der Waals surface area (Å²) in [6, 6.07) is 17.4. The van der Waals surface area contributed by atoms with E-state index in [4.69, 9.17) is 5.21 Å². The molecule has 0 saturated heterocycles. The lowest BCUT2D eigenvalue weighted by Crippen LogP contribution is -2.06. The molecule has 0 spiro atoms. The van der Waals surface area contributed by atoms with Gasteiger partial charge in [-0.25, -0.2) is 4.98 Å². The van der Waals surface area contributed by atoms with E-state index in [1.54, 1.807) is 0 Å². The number of imidazole rings is 1. The average molecular weight is 251 g/mol. The minimum Gasteiger partial charge on any atom is -0.411 e. The van der Waals surface area contributed by atoms with Gasteiger partial charge in [0.05, 0.1) is 23.2 Å². The Morgan fingerprint density at radius 2 is 1.79 bits per heavy atom. The van der Waals surface area contributed by atoms with Crippen molar-refractivity contribution < 1.29 is 5.21 Å². The monoisotopic (exact) mass is 251 g/mol. The van der Waals surface area contributed by atoms with Crippen LogP contribution in [0.25, 0.3) is 11.0 Å². The Morgan fingerprint density at radius 3 is 2.53 bits per heavy atom. The fourth-order valence-electron chi connectivity index (χ4n) is 2.07. The molecule has 0 atom stereocenters. The van der Waals surface area contributed by atoms with E-state index in [2.05, 4.69) is 15.1 Å². The van der Waals surface area contributed by atoms with Crippen molar-refractivity contribution in [1.82, 2.24) is 9.97 Å². The average Bonchev–Trinajstić information content (AvgIpc) is 2.88. The third-order valence-corrected chi connectivity index (χ3v) is 3.00. The van der Waals surface area contributed by atoms with Crippen molar-refractivity contribution in [3.05, 3.63) is 66.0 Å². The molecule has 2 N–H and O–H groups in total. The van der Waals surface area contributed by atoms with E-state index in [-0.39, 0.29) is 0 Å². The summed E-state index contributed by atoms with van der Waals surface area (Å²) in [5, 5.41) is 12.5. The number of oxime groups is 1. The molecule has 94 valence electrons. The van der Waals surface area contributed by atoms with Crippen molar-refractivity contribution >= 4 is 16.7 Å². The van der Waals surface area contributed by atoms with E-state index in [9.17, 15) is 0 Å². The first-order chi connectivity index (χ1) is 9.36. The molecule has 0 fully saturated rings. The highest BCUT2D eigenvalue weighted by atomic mass is 16.4.